The first-order valence-corrected chi connectivity index (χ1v) is 4.17. The Morgan fingerprint density at radius 2 is 2.17 bits per heavy atom. The van der Waals surface area contributed by atoms with Crippen LogP contribution in [0.5, 0.6) is 0 Å². The monoisotopic (exact) mass is 188 g/mol. The fourth-order valence-corrected chi connectivity index (χ4v) is 0.784. The fraction of sp³-hybridized carbons (Fsp3) is 0.444. The highest BCUT2D eigenvalue weighted by molar-refractivity contribution is 6.29. The van der Waals surface area contributed by atoms with Gasteiger partial charge in [0, 0.05) is 11.1 Å². The van der Waals surface area contributed by atoms with Crippen LogP contribution in [0.2, 0.25) is 0 Å². The normalized spacial score (nSPS) is 9.08. The van der Waals surface area contributed by atoms with E-state index in [0.29, 0.717) is 11.6 Å². The van der Waals surface area contributed by atoms with Gasteiger partial charge in [0.15, 0.2) is 0 Å². The number of halogens is 1. The second-order valence-electron chi connectivity index (χ2n) is 2.35. The van der Waals surface area contributed by atoms with Crippen molar-refractivity contribution in [2.45, 2.75) is 19.3 Å². The van der Waals surface area contributed by atoms with Crippen LogP contribution in [0.25, 0.3) is 0 Å². The topological polar surface area (TPSA) is 26.3 Å². The van der Waals surface area contributed by atoms with Gasteiger partial charge in [-0.15, -0.1) is 0 Å². The Labute approximate surface area is 77.9 Å². The zero-order chi connectivity index (χ0) is 9.40. The predicted molar refractivity (Wildman–Crippen MR) is 50.0 cm³/mol. The third kappa shape index (κ3) is 7.35. The average molecular weight is 189 g/mol. The lowest BCUT2D eigenvalue weighted by molar-refractivity contribution is -0.137. The van der Waals surface area contributed by atoms with Crippen LogP contribution in [-0.2, 0) is 9.53 Å². The molecular weight excluding hydrogens is 176 g/mol. The van der Waals surface area contributed by atoms with Crippen molar-refractivity contribution in [3.05, 3.63) is 24.3 Å². The number of hydrogen-bond acceptors (Lipinski definition) is 2. The quantitative estimate of drug-likeness (QED) is 0.364. The second kappa shape index (κ2) is 6.92. The van der Waals surface area contributed by atoms with Crippen molar-refractivity contribution in [2.24, 2.45) is 0 Å². The van der Waals surface area contributed by atoms with Crippen LogP contribution >= 0.6 is 11.6 Å². The van der Waals surface area contributed by atoms with Crippen molar-refractivity contribution >= 4 is 17.6 Å². The molecule has 0 aliphatic carbocycles. The van der Waals surface area contributed by atoms with E-state index in [-0.39, 0.29) is 5.97 Å². The van der Waals surface area contributed by atoms with Gasteiger partial charge in [-0.2, -0.15) is 0 Å². The molecule has 0 saturated heterocycles. The molecule has 0 saturated carbocycles. The Hall–Kier alpha value is -0.760. The SMILES string of the molecule is C=CC(=O)OCCCCC(=C)Cl. The van der Waals surface area contributed by atoms with Crippen molar-refractivity contribution in [3.63, 3.8) is 0 Å². The molecule has 0 bridgehead atoms. The van der Waals surface area contributed by atoms with Crippen LogP contribution in [-0.4, -0.2) is 12.6 Å². The fourth-order valence-electron chi connectivity index (χ4n) is 0.651. The average Bonchev–Trinajstić information content (AvgIpc) is 2.03. The van der Waals surface area contributed by atoms with E-state index in [2.05, 4.69) is 13.2 Å². The zero-order valence-corrected chi connectivity index (χ0v) is 7.77. The van der Waals surface area contributed by atoms with E-state index in [1.54, 1.807) is 0 Å². The van der Waals surface area contributed by atoms with E-state index in [9.17, 15) is 4.79 Å². The number of hydrogen-bond donors (Lipinski definition) is 0. The summed E-state index contributed by atoms with van der Waals surface area (Å²) in [6, 6.07) is 0. The Balaban J connectivity index is 3.16. The molecule has 12 heavy (non-hydrogen) atoms. The smallest absolute Gasteiger partial charge is 0.330 e. The van der Waals surface area contributed by atoms with Crippen molar-refractivity contribution in [3.8, 4) is 0 Å². The lowest BCUT2D eigenvalue weighted by atomic mass is 10.2. The predicted octanol–water partition coefficient (Wildman–Crippen LogP) is 2.64. The van der Waals surface area contributed by atoms with E-state index < -0.39 is 0 Å². The van der Waals surface area contributed by atoms with Crippen LogP contribution in [0.4, 0.5) is 0 Å². The van der Waals surface area contributed by atoms with E-state index in [1.165, 1.54) is 0 Å². The van der Waals surface area contributed by atoms with Crippen LogP contribution < -0.4 is 0 Å². The first-order valence-electron chi connectivity index (χ1n) is 3.79. The van der Waals surface area contributed by atoms with Gasteiger partial charge in [0.05, 0.1) is 6.61 Å². The van der Waals surface area contributed by atoms with Gasteiger partial charge >= 0.3 is 5.97 Å². The maximum absolute atomic E-state index is 10.5. The molecule has 0 aromatic heterocycles. The van der Waals surface area contributed by atoms with Crippen molar-refractivity contribution in [1.82, 2.24) is 0 Å². The van der Waals surface area contributed by atoms with Gasteiger partial charge in [-0.3, -0.25) is 0 Å². The molecule has 0 amide bonds. The lowest BCUT2D eigenvalue weighted by Crippen LogP contribution is -2.01. The molecule has 68 valence electrons. The minimum absolute atomic E-state index is 0.375. The van der Waals surface area contributed by atoms with Gasteiger partial charge in [-0.25, -0.2) is 4.79 Å². The van der Waals surface area contributed by atoms with Crippen LogP contribution in [0.3, 0.4) is 0 Å². The highest BCUT2D eigenvalue weighted by Crippen LogP contribution is 2.08. The van der Waals surface area contributed by atoms with Gasteiger partial charge < -0.3 is 4.74 Å². The van der Waals surface area contributed by atoms with Crippen LogP contribution in [0, 0.1) is 0 Å². The number of ether oxygens (including phenoxy) is 1. The number of carbonyl (C=O) groups is 1. The van der Waals surface area contributed by atoms with Crippen LogP contribution in [0.15, 0.2) is 24.3 Å². The first-order chi connectivity index (χ1) is 5.66. The molecule has 0 unspecified atom stereocenters. The van der Waals surface area contributed by atoms with Gasteiger partial charge in [-0.1, -0.05) is 24.8 Å². The van der Waals surface area contributed by atoms with Gasteiger partial charge in [0.1, 0.15) is 0 Å². The lowest BCUT2D eigenvalue weighted by Gasteiger charge is -2.00. The summed E-state index contributed by atoms with van der Waals surface area (Å²) in [5.41, 5.74) is 0. The Kier molecular flexibility index (Phi) is 6.48. The first kappa shape index (κ1) is 11.2. The number of carbonyl (C=O) groups excluding carboxylic acids is 1. The molecule has 0 atom stereocenters. The Morgan fingerprint density at radius 1 is 1.50 bits per heavy atom. The van der Waals surface area contributed by atoms with Crippen molar-refractivity contribution < 1.29 is 9.53 Å². The number of esters is 1. The molecule has 0 N–H and O–H groups in total. The maximum Gasteiger partial charge on any atom is 0.330 e. The largest absolute Gasteiger partial charge is 0.463 e. The van der Waals surface area contributed by atoms with Crippen LogP contribution in [0.1, 0.15) is 19.3 Å². The molecule has 0 aromatic carbocycles. The summed E-state index contributed by atoms with van der Waals surface area (Å²) in [5, 5.41) is 0.644. The van der Waals surface area contributed by atoms with E-state index >= 15 is 0 Å². The zero-order valence-electron chi connectivity index (χ0n) is 7.01. The minimum atomic E-state index is -0.375. The molecule has 0 spiro atoms. The standard InChI is InChI=1S/C9H13ClO2/c1-3-9(11)12-7-5-4-6-8(2)10/h3H,1-2,4-7H2. The molecule has 0 radical (unpaired) electrons. The van der Waals surface area contributed by atoms with E-state index in [1.807, 2.05) is 0 Å². The molecule has 0 aliphatic rings. The summed E-state index contributed by atoms with van der Waals surface area (Å²) in [6.07, 6.45) is 3.63. The molecule has 0 fully saturated rings. The Morgan fingerprint density at radius 3 is 2.67 bits per heavy atom. The number of unbranched alkanes of at least 4 members (excludes halogenated alkanes) is 1. The second-order valence-corrected chi connectivity index (χ2v) is 2.88. The molecule has 0 heterocycles. The molecule has 3 heteroatoms. The summed E-state index contributed by atoms with van der Waals surface area (Å²) >= 11 is 5.53. The third-order valence-corrected chi connectivity index (χ3v) is 1.44. The van der Waals surface area contributed by atoms with Crippen molar-refractivity contribution in [2.75, 3.05) is 6.61 Å². The van der Waals surface area contributed by atoms with E-state index in [4.69, 9.17) is 16.3 Å². The highest BCUT2D eigenvalue weighted by Gasteiger charge is 1.95. The summed E-state index contributed by atoms with van der Waals surface area (Å²) in [6.45, 7) is 7.25. The summed E-state index contributed by atoms with van der Waals surface area (Å²) in [7, 11) is 0. The van der Waals surface area contributed by atoms with Gasteiger partial charge in [0.2, 0.25) is 0 Å². The van der Waals surface area contributed by atoms with Gasteiger partial charge in [-0.05, 0) is 19.3 Å². The summed E-state index contributed by atoms with van der Waals surface area (Å²) in [4.78, 5) is 10.5. The van der Waals surface area contributed by atoms with Gasteiger partial charge in [0.25, 0.3) is 0 Å². The molecule has 2 nitrogen and oxygen atoms in total. The Bertz CT molecular complexity index is 175. The maximum atomic E-state index is 10.5. The highest BCUT2D eigenvalue weighted by atomic mass is 35.5. The van der Waals surface area contributed by atoms with Crippen molar-refractivity contribution in [1.29, 1.82) is 0 Å². The molecule has 0 rings (SSSR count). The molecular formula is C9H13ClO2. The summed E-state index contributed by atoms with van der Waals surface area (Å²) in [5.74, 6) is -0.375. The van der Waals surface area contributed by atoms with E-state index in [0.717, 1.165) is 25.3 Å². The third-order valence-electron chi connectivity index (χ3n) is 1.25. The molecule has 0 aliphatic heterocycles. The summed E-state index contributed by atoms with van der Waals surface area (Å²) < 4.78 is 4.74. The number of allylic oxidation sites excluding steroid dienone is 1. The minimum Gasteiger partial charge on any atom is -0.463 e. The number of rotatable bonds is 6. The molecule has 0 aromatic rings.